The lowest BCUT2D eigenvalue weighted by atomic mass is 9.99. The van der Waals surface area contributed by atoms with E-state index in [9.17, 15) is 4.79 Å². The Balaban J connectivity index is 1.79. The minimum absolute atomic E-state index is 0.153. The number of benzene rings is 2. The highest BCUT2D eigenvalue weighted by Gasteiger charge is 2.23. The maximum atomic E-state index is 12.7. The number of anilines is 1. The molecule has 0 unspecified atom stereocenters. The molecular weight excluding hydrogens is 352 g/mol. The van der Waals surface area contributed by atoms with E-state index in [4.69, 9.17) is 21.1 Å². The van der Waals surface area contributed by atoms with Crippen molar-refractivity contribution in [2.75, 3.05) is 26.1 Å². The molecule has 6 heteroatoms. The number of rotatable bonds is 3. The zero-order valence-corrected chi connectivity index (χ0v) is 16.2. The molecule has 1 aliphatic rings. The van der Waals surface area contributed by atoms with E-state index in [2.05, 4.69) is 5.32 Å². The molecule has 0 saturated carbocycles. The molecule has 1 heterocycles. The first-order chi connectivity index (χ1) is 12.4. The fourth-order valence-electron chi connectivity index (χ4n) is 3.32. The van der Waals surface area contributed by atoms with Gasteiger partial charge >= 0.3 is 6.03 Å². The van der Waals surface area contributed by atoms with Crippen LogP contribution < -0.4 is 14.8 Å². The molecule has 138 valence electrons. The summed E-state index contributed by atoms with van der Waals surface area (Å²) in [5, 5.41) is 3.51. The number of aryl methyl sites for hydroxylation is 2. The maximum absolute atomic E-state index is 12.7. The van der Waals surface area contributed by atoms with E-state index >= 15 is 0 Å². The molecule has 0 saturated heterocycles. The van der Waals surface area contributed by atoms with Gasteiger partial charge < -0.3 is 19.7 Å². The molecule has 5 nitrogen and oxygen atoms in total. The van der Waals surface area contributed by atoms with Crippen molar-refractivity contribution in [3.63, 3.8) is 0 Å². The third-order valence-corrected chi connectivity index (χ3v) is 4.97. The highest BCUT2D eigenvalue weighted by molar-refractivity contribution is 6.34. The number of halogens is 1. The third kappa shape index (κ3) is 3.58. The monoisotopic (exact) mass is 374 g/mol. The quantitative estimate of drug-likeness (QED) is 0.856. The van der Waals surface area contributed by atoms with Gasteiger partial charge in [-0.05, 0) is 60.7 Å². The molecule has 2 aromatic rings. The summed E-state index contributed by atoms with van der Waals surface area (Å²) in [5.41, 5.74) is 4.93. The van der Waals surface area contributed by atoms with Crippen LogP contribution in [0.5, 0.6) is 11.5 Å². The molecule has 0 aliphatic carbocycles. The summed E-state index contributed by atoms with van der Waals surface area (Å²) in [6, 6.07) is 7.64. The molecule has 0 atom stereocenters. The average molecular weight is 375 g/mol. The van der Waals surface area contributed by atoms with E-state index in [1.807, 2.05) is 38.1 Å². The molecule has 0 radical (unpaired) electrons. The van der Waals surface area contributed by atoms with Crippen LogP contribution in [0.25, 0.3) is 0 Å². The zero-order chi connectivity index (χ0) is 18.8. The number of hydrogen-bond acceptors (Lipinski definition) is 3. The first-order valence-corrected chi connectivity index (χ1v) is 8.87. The Bertz CT molecular complexity index is 828. The van der Waals surface area contributed by atoms with Crippen molar-refractivity contribution in [1.29, 1.82) is 0 Å². The first kappa shape index (κ1) is 18.4. The second-order valence-corrected chi connectivity index (χ2v) is 6.92. The fourth-order valence-corrected chi connectivity index (χ4v) is 3.68. The Kier molecular flexibility index (Phi) is 5.28. The number of ether oxygens (including phenoxy) is 2. The van der Waals surface area contributed by atoms with Gasteiger partial charge in [-0.3, -0.25) is 0 Å². The van der Waals surface area contributed by atoms with Crippen LogP contribution in [0.15, 0.2) is 24.3 Å². The molecule has 2 amide bonds. The molecule has 0 spiro atoms. The highest BCUT2D eigenvalue weighted by atomic mass is 35.5. The average Bonchev–Trinajstić information content (AvgIpc) is 2.62. The summed E-state index contributed by atoms with van der Waals surface area (Å²) < 4.78 is 10.7. The van der Waals surface area contributed by atoms with Crippen molar-refractivity contribution in [3.8, 4) is 11.5 Å². The number of fused-ring (bicyclic) bond motifs is 1. The van der Waals surface area contributed by atoms with E-state index < -0.39 is 0 Å². The Morgan fingerprint density at radius 1 is 1.08 bits per heavy atom. The number of nitrogens with one attached hydrogen (secondary N) is 1. The normalized spacial score (nSPS) is 13.2. The Morgan fingerprint density at radius 2 is 1.73 bits per heavy atom. The summed E-state index contributed by atoms with van der Waals surface area (Å²) in [6.07, 6.45) is 0.768. The van der Waals surface area contributed by atoms with Crippen LogP contribution in [0.3, 0.4) is 0 Å². The highest BCUT2D eigenvalue weighted by Crippen LogP contribution is 2.34. The standard InChI is InChI=1S/C20H23ClN2O3/c1-12-7-13(2)19(16(21)8-12)22-20(24)23-6-5-14-9-17(25-3)18(26-4)10-15(14)11-23/h7-10H,5-6,11H2,1-4H3,(H,22,24). The molecule has 1 aliphatic heterocycles. The second-order valence-electron chi connectivity index (χ2n) is 6.52. The maximum Gasteiger partial charge on any atom is 0.322 e. The largest absolute Gasteiger partial charge is 0.493 e. The number of methoxy groups -OCH3 is 2. The van der Waals surface area contributed by atoms with Crippen molar-refractivity contribution in [1.82, 2.24) is 4.90 Å². The molecule has 0 fully saturated rings. The van der Waals surface area contributed by atoms with Crippen LogP contribution >= 0.6 is 11.6 Å². The molecule has 26 heavy (non-hydrogen) atoms. The van der Waals surface area contributed by atoms with E-state index in [1.165, 1.54) is 5.56 Å². The fraction of sp³-hybridized carbons (Fsp3) is 0.350. The van der Waals surface area contributed by atoms with Gasteiger partial charge in [0.05, 0.1) is 24.9 Å². The second kappa shape index (κ2) is 7.46. The molecule has 2 aromatic carbocycles. The van der Waals surface area contributed by atoms with Crippen LogP contribution in [-0.4, -0.2) is 31.7 Å². The summed E-state index contributed by atoms with van der Waals surface area (Å²) >= 11 is 6.31. The Hall–Kier alpha value is -2.40. The molecule has 0 aromatic heterocycles. The molecule has 0 bridgehead atoms. The van der Waals surface area contributed by atoms with Crippen LogP contribution in [0.2, 0.25) is 5.02 Å². The van der Waals surface area contributed by atoms with E-state index in [0.29, 0.717) is 35.3 Å². The van der Waals surface area contributed by atoms with Gasteiger partial charge in [0.2, 0.25) is 0 Å². The Labute approximate surface area is 158 Å². The summed E-state index contributed by atoms with van der Waals surface area (Å²) in [5.74, 6) is 1.39. The molecule has 1 N–H and O–H groups in total. The van der Waals surface area contributed by atoms with Crippen LogP contribution in [0.4, 0.5) is 10.5 Å². The molecular formula is C20H23ClN2O3. The van der Waals surface area contributed by atoms with Crippen molar-refractivity contribution in [2.24, 2.45) is 0 Å². The van der Waals surface area contributed by atoms with Crippen LogP contribution in [0, 0.1) is 13.8 Å². The van der Waals surface area contributed by atoms with Gasteiger partial charge in [0.15, 0.2) is 11.5 Å². The van der Waals surface area contributed by atoms with Gasteiger partial charge in [0.25, 0.3) is 0 Å². The van der Waals surface area contributed by atoms with Crippen LogP contribution in [0.1, 0.15) is 22.3 Å². The predicted octanol–water partition coefficient (Wildman–Crippen LogP) is 4.56. The van der Waals surface area contributed by atoms with E-state index in [1.54, 1.807) is 19.1 Å². The van der Waals surface area contributed by atoms with Gasteiger partial charge in [0.1, 0.15) is 0 Å². The minimum Gasteiger partial charge on any atom is -0.493 e. The summed E-state index contributed by atoms with van der Waals surface area (Å²) in [4.78, 5) is 14.5. The summed E-state index contributed by atoms with van der Waals surface area (Å²) in [6.45, 7) is 5.08. The lowest BCUT2D eigenvalue weighted by Gasteiger charge is -2.30. The zero-order valence-electron chi connectivity index (χ0n) is 15.5. The predicted molar refractivity (Wildman–Crippen MR) is 104 cm³/mol. The topological polar surface area (TPSA) is 50.8 Å². The number of carbonyl (C=O) groups excluding carboxylic acids is 1. The van der Waals surface area contributed by atoms with Crippen molar-refractivity contribution < 1.29 is 14.3 Å². The lowest BCUT2D eigenvalue weighted by molar-refractivity contribution is 0.206. The van der Waals surface area contributed by atoms with Gasteiger partial charge in [-0.15, -0.1) is 0 Å². The minimum atomic E-state index is -0.153. The number of nitrogens with zero attached hydrogens (tertiary/aromatic N) is 1. The SMILES string of the molecule is COc1cc2c(cc1OC)CN(C(=O)Nc1c(C)cc(C)cc1Cl)CC2. The smallest absolute Gasteiger partial charge is 0.322 e. The van der Waals surface area contributed by atoms with Crippen molar-refractivity contribution >= 4 is 23.3 Å². The number of urea groups is 1. The number of amides is 2. The van der Waals surface area contributed by atoms with E-state index in [0.717, 1.165) is 23.1 Å². The van der Waals surface area contributed by atoms with Gasteiger partial charge in [-0.25, -0.2) is 4.79 Å². The Morgan fingerprint density at radius 3 is 2.35 bits per heavy atom. The number of hydrogen-bond donors (Lipinski definition) is 1. The van der Waals surface area contributed by atoms with Crippen molar-refractivity contribution in [2.45, 2.75) is 26.8 Å². The summed E-state index contributed by atoms with van der Waals surface area (Å²) in [7, 11) is 3.24. The first-order valence-electron chi connectivity index (χ1n) is 8.49. The van der Waals surface area contributed by atoms with Gasteiger partial charge in [-0.2, -0.15) is 0 Å². The van der Waals surface area contributed by atoms with Gasteiger partial charge in [-0.1, -0.05) is 17.7 Å². The third-order valence-electron chi connectivity index (χ3n) is 4.67. The lowest BCUT2D eigenvalue weighted by Crippen LogP contribution is -2.39. The van der Waals surface area contributed by atoms with Crippen LogP contribution in [-0.2, 0) is 13.0 Å². The van der Waals surface area contributed by atoms with Crippen molar-refractivity contribution in [3.05, 3.63) is 51.5 Å². The molecule has 3 rings (SSSR count). The number of carbonyl (C=O) groups is 1. The van der Waals surface area contributed by atoms with E-state index in [-0.39, 0.29) is 6.03 Å². The van der Waals surface area contributed by atoms with Gasteiger partial charge in [0, 0.05) is 13.1 Å².